The second-order valence-corrected chi connectivity index (χ2v) is 2.74. The van der Waals surface area contributed by atoms with Crippen LogP contribution < -0.4 is 5.32 Å². The van der Waals surface area contributed by atoms with Crippen LogP contribution in [0.5, 0.6) is 0 Å². The summed E-state index contributed by atoms with van der Waals surface area (Å²) < 4.78 is 0. The second-order valence-electron chi connectivity index (χ2n) is 2.74. The Hall–Kier alpha value is -0.790. The van der Waals surface area contributed by atoms with Gasteiger partial charge in [0.1, 0.15) is 0 Å². The van der Waals surface area contributed by atoms with Gasteiger partial charge in [0.05, 0.1) is 0 Å². The van der Waals surface area contributed by atoms with E-state index >= 15 is 0 Å². The van der Waals surface area contributed by atoms with Gasteiger partial charge in [0, 0.05) is 26.0 Å². The predicted octanol–water partition coefficient (Wildman–Crippen LogP) is 2.37. The minimum atomic E-state index is 1.05. The standard InChI is InChI=1S/C10H20N2/c1-5-7-9(8-11-3)10(6-2)12-4/h8,12H,5-7H2,1-4H3/b10-9-,11-8-. The summed E-state index contributed by atoms with van der Waals surface area (Å²) in [6.45, 7) is 4.34. The first-order valence-electron chi connectivity index (χ1n) is 4.62. The van der Waals surface area contributed by atoms with E-state index in [1.807, 2.05) is 20.3 Å². The highest BCUT2D eigenvalue weighted by Crippen LogP contribution is 2.09. The molecule has 0 amide bonds. The average Bonchev–Trinajstić information content (AvgIpc) is 2.07. The zero-order chi connectivity index (χ0) is 9.40. The summed E-state index contributed by atoms with van der Waals surface area (Å²) in [7, 11) is 3.79. The molecule has 0 heterocycles. The maximum Gasteiger partial charge on any atom is 0.0277 e. The highest BCUT2D eigenvalue weighted by Gasteiger charge is 1.99. The Morgan fingerprint density at radius 1 is 1.42 bits per heavy atom. The van der Waals surface area contributed by atoms with Crippen LogP contribution in [0.1, 0.15) is 33.1 Å². The Balaban J connectivity index is 4.50. The zero-order valence-electron chi connectivity index (χ0n) is 8.65. The monoisotopic (exact) mass is 168 g/mol. The van der Waals surface area contributed by atoms with E-state index in [9.17, 15) is 0 Å². The van der Waals surface area contributed by atoms with Gasteiger partial charge in [0.25, 0.3) is 0 Å². The van der Waals surface area contributed by atoms with Crippen LogP contribution in [0, 0.1) is 0 Å². The summed E-state index contributed by atoms with van der Waals surface area (Å²) in [4.78, 5) is 4.05. The molecule has 70 valence electrons. The summed E-state index contributed by atoms with van der Waals surface area (Å²) >= 11 is 0. The van der Waals surface area contributed by atoms with Gasteiger partial charge in [-0.3, -0.25) is 4.99 Å². The number of aliphatic imine (C=N–C) groups is 1. The minimum absolute atomic E-state index is 1.05. The maximum absolute atomic E-state index is 4.05. The fraction of sp³-hybridized carbons (Fsp3) is 0.700. The van der Waals surface area contributed by atoms with Gasteiger partial charge in [-0.2, -0.15) is 0 Å². The molecule has 0 unspecified atom stereocenters. The van der Waals surface area contributed by atoms with Crippen LogP contribution in [0.25, 0.3) is 0 Å². The highest BCUT2D eigenvalue weighted by molar-refractivity contribution is 5.79. The zero-order valence-corrected chi connectivity index (χ0v) is 8.65. The van der Waals surface area contributed by atoms with Crippen LogP contribution in [-0.2, 0) is 0 Å². The number of nitrogens with zero attached hydrogens (tertiary/aromatic N) is 1. The third-order valence-corrected chi connectivity index (χ3v) is 1.85. The maximum atomic E-state index is 4.05. The van der Waals surface area contributed by atoms with Crippen molar-refractivity contribution in [1.29, 1.82) is 0 Å². The molecule has 0 fully saturated rings. The lowest BCUT2D eigenvalue weighted by molar-refractivity contribution is 0.842. The van der Waals surface area contributed by atoms with E-state index < -0.39 is 0 Å². The van der Waals surface area contributed by atoms with Crippen LogP contribution >= 0.6 is 0 Å². The molecule has 0 saturated heterocycles. The van der Waals surface area contributed by atoms with Gasteiger partial charge in [-0.05, 0) is 18.4 Å². The number of rotatable bonds is 5. The van der Waals surface area contributed by atoms with Crippen molar-refractivity contribution in [2.75, 3.05) is 14.1 Å². The fourth-order valence-corrected chi connectivity index (χ4v) is 1.28. The van der Waals surface area contributed by atoms with Gasteiger partial charge in [-0.25, -0.2) is 0 Å². The first-order chi connectivity index (χ1) is 5.79. The summed E-state index contributed by atoms with van der Waals surface area (Å²) in [6.07, 6.45) is 5.30. The number of allylic oxidation sites excluding steroid dienone is 2. The van der Waals surface area contributed by atoms with Crippen molar-refractivity contribution < 1.29 is 0 Å². The summed E-state index contributed by atoms with van der Waals surface area (Å²) in [5.41, 5.74) is 2.65. The number of hydrogen-bond donors (Lipinski definition) is 1. The first-order valence-corrected chi connectivity index (χ1v) is 4.62. The van der Waals surface area contributed by atoms with Gasteiger partial charge in [-0.1, -0.05) is 20.3 Å². The molecule has 0 saturated carbocycles. The molecule has 12 heavy (non-hydrogen) atoms. The second kappa shape index (κ2) is 6.89. The smallest absolute Gasteiger partial charge is 0.0277 e. The Labute approximate surface area is 75.8 Å². The topological polar surface area (TPSA) is 24.4 Å². The molecular weight excluding hydrogens is 148 g/mol. The molecule has 0 aliphatic carbocycles. The lowest BCUT2D eigenvalue weighted by atomic mass is 10.1. The average molecular weight is 168 g/mol. The Kier molecular flexibility index (Phi) is 6.44. The molecule has 2 heteroatoms. The van der Waals surface area contributed by atoms with E-state index in [4.69, 9.17) is 0 Å². The van der Waals surface area contributed by atoms with Crippen molar-refractivity contribution in [2.24, 2.45) is 4.99 Å². The van der Waals surface area contributed by atoms with Crippen LogP contribution in [0.4, 0.5) is 0 Å². The van der Waals surface area contributed by atoms with Crippen molar-refractivity contribution in [3.8, 4) is 0 Å². The van der Waals surface area contributed by atoms with Crippen molar-refractivity contribution in [2.45, 2.75) is 33.1 Å². The lowest BCUT2D eigenvalue weighted by Gasteiger charge is -2.08. The van der Waals surface area contributed by atoms with Gasteiger partial charge in [-0.15, -0.1) is 0 Å². The van der Waals surface area contributed by atoms with Crippen LogP contribution in [-0.4, -0.2) is 20.3 Å². The molecule has 0 spiro atoms. The molecule has 0 atom stereocenters. The molecule has 0 aliphatic heterocycles. The van der Waals surface area contributed by atoms with Crippen LogP contribution in [0.3, 0.4) is 0 Å². The summed E-state index contributed by atoms with van der Waals surface area (Å²) in [6, 6.07) is 0. The normalized spacial score (nSPS) is 13.3. The molecule has 0 rings (SSSR count). The van der Waals surface area contributed by atoms with E-state index in [0.717, 1.165) is 12.8 Å². The molecule has 0 aromatic carbocycles. The van der Waals surface area contributed by atoms with E-state index in [2.05, 4.69) is 24.2 Å². The molecular formula is C10H20N2. The molecule has 0 aromatic heterocycles. The molecule has 1 N–H and O–H groups in total. The van der Waals surface area contributed by atoms with Crippen LogP contribution in [0.15, 0.2) is 16.3 Å². The Bertz CT molecular complexity index is 163. The number of nitrogens with one attached hydrogen (secondary N) is 1. The van der Waals surface area contributed by atoms with Gasteiger partial charge >= 0.3 is 0 Å². The highest BCUT2D eigenvalue weighted by atomic mass is 14.8. The van der Waals surface area contributed by atoms with Crippen molar-refractivity contribution in [1.82, 2.24) is 5.32 Å². The predicted molar refractivity (Wildman–Crippen MR) is 55.7 cm³/mol. The molecule has 0 aromatic rings. The summed E-state index contributed by atoms with van der Waals surface area (Å²) in [5, 5.41) is 3.21. The SMILES string of the molecule is CCCC(/C=N\C)=C(\CC)NC. The number of hydrogen-bond acceptors (Lipinski definition) is 2. The van der Waals surface area contributed by atoms with E-state index in [1.54, 1.807) is 0 Å². The van der Waals surface area contributed by atoms with E-state index in [0.29, 0.717) is 0 Å². The Morgan fingerprint density at radius 3 is 2.42 bits per heavy atom. The Morgan fingerprint density at radius 2 is 2.08 bits per heavy atom. The molecule has 0 aliphatic rings. The third-order valence-electron chi connectivity index (χ3n) is 1.85. The van der Waals surface area contributed by atoms with Crippen molar-refractivity contribution in [3.63, 3.8) is 0 Å². The first kappa shape index (κ1) is 11.2. The van der Waals surface area contributed by atoms with Gasteiger partial charge in [0.15, 0.2) is 0 Å². The molecule has 2 nitrogen and oxygen atoms in total. The van der Waals surface area contributed by atoms with Crippen molar-refractivity contribution in [3.05, 3.63) is 11.3 Å². The van der Waals surface area contributed by atoms with E-state index in [-0.39, 0.29) is 0 Å². The third kappa shape index (κ3) is 3.56. The minimum Gasteiger partial charge on any atom is -0.391 e. The fourth-order valence-electron chi connectivity index (χ4n) is 1.28. The van der Waals surface area contributed by atoms with Crippen LogP contribution in [0.2, 0.25) is 0 Å². The largest absolute Gasteiger partial charge is 0.391 e. The van der Waals surface area contributed by atoms with Crippen molar-refractivity contribution >= 4 is 6.21 Å². The van der Waals surface area contributed by atoms with Gasteiger partial charge in [0.2, 0.25) is 0 Å². The van der Waals surface area contributed by atoms with E-state index in [1.165, 1.54) is 17.7 Å². The lowest BCUT2D eigenvalue weighted by Crippen LogP contribution is -2.09. The molecule has 0 bridgehead atoms. The van der Waals surface area contributed by atoms with Gasteiger partial charge < -0.3 is 5.32 Å². The summed E-state index contributed by atoms with van der Waals surface area (Å²) in [5.74, 6) is 0. The quantitative estimate of drug-likeness (QED) is 0.626. The molecule has 0 radical (unpaired) electrons.